The van der Waals surface area contributed by atoms with Crippen LogP contribution < -0.4 is 16.8 Å². The van der Waals surface area contributed by atoms with Crippen molar-refractivity contribution in [3.8, 4) is 0 Å². The Morgan fingerprint density at radius 1 is 1.32 bits per heavy atom. The second-order valence-corrected chi connectivity index (χ2v) is 5.41. The highest BCUT2D eigenvalue weighted by atomic mass is 16.1. The van der Waals surface area contributed by atoms with Gasteiger partial charge in [-0.1, -0.05) is 19.3 Å². The summed E-state index contributed by atoms with van der Waals surface area (Å²) in [6.07, 6.45) is 7.68. The van der Waals surface area contributed by atoms with E-state index in [9.17, 15) is 4.79 Å². The quantitative estimate of drug-likeness (QED) is 0.749. The molecule has 0 saturated heterocycles. The molecule has 1 heterocycles. The summed E-state index contributed by atoms with van der Waals surface area (Å²) in [5, 5.41) is 3.33. The van der Waals surface area contributed by atoms with Crippen molar-refractivity contribution in [3.05, 3.63) is 23.9 Å². The summed E-state index contributed by atoms with van der Waals surface area (Å²) in [6.45, 7) is 1.55. The predicted molar refractivity (Wildman–Crippen MR) is 75.8 cm³/mol. The van der Waals surface area contributed by atoms with E-state index in [1.54, 1.807) is 12.1 Å². The average Bonchev–Trinajstić information content (AvgIpc) is 2.46. The molecule has 0 spiro atoms. The lowest BCUT2D eigenvalue weighted by molar-refractivity contribution is 0.1000. The molecule has 0 bridgehead atoms. The van der Waals surface area contributed by atoms with Crippen molar-refractivity contribution in [2.24, 2.45) is 16.9 Å². The number of amides is 1. The molecule has 1 aliphatic rings. The number of nitrogens with one attached hydrogen (secondary N) is 1. The molecule has 0 radical (unpaired) electrons. The minimum absolute atomic E-state index is 0.197. The van der Waals surface area contributed by atoms with Crippen LogP contribution in [0.4, 0.5) is 5.82 Å². The van der Waals surface area contributed by atoms with Crippen LogP contribution in [0.25, 0.3) is 0 Å². The van der Waals surface area contributed by atoms with Crippen LogP contribution in [0.3, 0.4) is 0 Å². The van der Waals surface area contributed by atoms with E-state index < -0.39 is 5.91 Å². The molecule has 1 amide bonds. The smallest absolute Gasteiger partial charge is 0.250 e. The number of rotatable bonds is 5. The van der Waals surface area contributed by atoms with Gasteiger partial charge >= 0.3 is 0 Å². The lowest BCUT2D eigenvalue weighted by Gasteiger charge is -2.36. The van der Waals surface area contributed by atoms with Crippen LogP contribution >= 0.6 is 0 Å². The van der Waals surface area contributed by atoms with Gasteiger partial charge in [0.2, 0.25) is 5.91 Å². The third kappa shape index (κ3) is 3.44. The third-order valence-corrected chi connectivity index (χ3v) is 4.04. The molecule has 1 aliphatic carbocycles. The second kappa shape index (κ2) is 6.02. The molecule has 0 unspecified atom stereocenters. The summed E-state index contributed by atoms with van der Waals surface area (Å²) >= 11 is 0. The number of nitrogens with zero attached hydrogens (tertiary/aromatic N) is 1. The maximum atomic E-state index is 11.0. The summed E-state index contributed by atoms with van der Waals surface area (Å²) in [7, 11) is 0. The van der Waals surface area contributed by atoms with Crippen molar-refractivity contribution in [3.63, 3.8) is 0 Å². The summed E-state index contributed by atoms with van der Waals surface area (Å²) in [5.74, 6) is 0.313. The van der Waals surface area contributed by atoms with Gasteiger partial charge in [-0.25, -0.2) is 4.98 Å². The van der Waals surface area contributed by atoms with Crippen LogP contribution in [0.1, 0.15) is 42.5 Å². The van der Waals surface area contributed by atoms with Crippen LogP contribution in [-0.2, 0) is 0 Å². The summed E-state index contributed by atoms with van der Waals surface area (Å²) in [6, 6.07) is 3.47. The zero-order valence-electron chi connectivity index (χ0n) is 11.2. The van der Waals surface area contributed by atoms with Gasteiger partial charge in [-0.3, -0.25) is 4.79 Å². The molecular weight excluding hydrogens is 240 g/mol. The van der Waals surface area contributed by atoms with Crippen molar-refractivity contribution in [1.29, 1.82) is 0 Å². The van der Waals surface area contributed by atoms with Crippen molar-refractivity contribution < 1.29 is 4.79 Å². The Morgan fingerprint density at radius 3 is 2.58 bits per heavy atom. The van der Waals surface area contributed by atoms with Gasteiger partial charge < -0.3 is 16.8 Å². The van der Waals surface area contributed by atoms with E-state index in [-0.39, 0.29) is 5.41 Å². The van der Waals surface area contributed by atoms with Gasteiger partial charge in [-0.2, -0.15) is 0 Å². The Hall–Kier alpha value is -1.62. The van der Waals surface area contributed by atoms with E-state index in [4.69, 9.17) is 11.5 Å². The number of primary amides is 1. The standard InChI is InChI=1S/C14H22N4O/c15-9-14(6-2-1-3-7-14)10-18-12-5-4-11(8-17-12)13(16)19/h4-5,8H,1-3,6-7,9-10,15H2,(H2,16,19)(H,17,18). The number of hydrogen-bond donors (Lipinski definition) is 3. The fourth-order valence-electron chi connectivity index (χ4n) is 2.68. The number of anilines is 1. The lowest BCUT2D eigenvalue weighted by Crippen LogP contribution is -2.39. The highest BCUT2D eigenvalue weighted by molar-refractivity contribution is 5.92. The number of carbonyl (C=O) groups is 1. The molecule has 1 saturated carbocycles. The highest BCUT2D eigenvalue weighted by Gasteiger charge is 2.30. The third-order valence-electron chi connectivity index (χ3n) is 4.04. The molecule has 0 aromatic carbocycles. The highest BCUT2D eigenvalue weighted by Crippen LogP contribution is 2.35. The van der Waals surface area contributed by atoms with Gasteiger partial charge in [0.15, 0.2) is 0 Å². The van der Waals surface area contributed by atoms with Crippen molar-refractivity contribution in [2.45, 2.75) is 32.1 Å². The zero-order valence-corrected chi connectivity index (χ0v) is 11.2. The normalized spacial score (nSPS) is 17.9. The maximum absolute atomic E-state index is 11.0. The van der Waals surface area contributed by atoms with E-state index in [1.807, 2.05) is 0 Å². The molecule has 5 N–H and O–H groups in total. The minimum Gasteiger partial charge on any atom is -0.369 e. The van der Waals surface area contributed by atoms with E-state index in [0.29, 0.717) is 12.1 Å². The van der Waals surface area contributed by atoms with Crippen molar-refractivity contribution >= 4 is 11.7 Å². The molecule has 1 aromatic rings. The molecular formula is C14H22N4O. The van der Waals surface area contributed by atoms with E-state index in [2.05, 4.69) is 10.3 Å². The molecule has 1 fully saturated rings. The minimum atomic E-state index is -0.454. The van der Waals surface area contributed by atoms with Gasteiger partial charge in [0.25, 0.3) is 0 Å². The van der Waals surface area contributed by atoms with E-state index in [1.165, 1.54) is 38.3 Å². The van der Waals surface area contributed by atoms with Gasteiger partial charge in [0.1, 0.15) is 5.82 Å². The largest absolute Gasteiger partial charge is 0.369 e. The van der Waals surface area contributed by atoms with Gasteiger partial charge in [-0.15, -0.1) is 0 Å². The predicted octanol–water partition coefficient (Wildman–Crippen LogP) is 1.50. The SMILES string of the molecule is NCC1(CNc2ccc(C(N)=O)cn2)CCCCC1. The fourth-order valence-corrected chi connectivity index (χ4v) is 2.68. The molecule has 104 valence electrons. The number of aromatic nitrogens is 1. The molecule has 5 heteroatoms. The molecule has 5 nitrogen and oxygen atoms in total. The Balaban J connectivity index is 1.95. The van der Waals surface area contributed by atoms with Crippen LogP contribution in [-0.4, -0.2) is 24.0 Å². The number of carbonyl (C=O) groups excluding carboxylic acids is 1. The fraction of sp³-hybridized carbons (Fsp3) is 0.571. The number of hydrogen-bond acceptors (Lipinski definition) is 4. The first-order valence-corrected chi connectivity index (χ1v) is 6.85. The van der Waals surface area contributed by atoms with Crippen LogP contribution in [0, 0.1) is 5.41 Å². The monoisotopic (exact) mass is 262 g/mol. The molecule has 2 rings (SSSR count). The topological polar surface area (TPSA) is 94.0 Å². The Labute approximate surface area is 113 Å². The molecule has 0 aliphatic heterocycles. The average molecular weight is 262 g/mol. The van der Waals surface area contributed by atoms with Crippen LogP contribution in [0.5, 0.6) is 0 Å². The van der Waals surface area contributed by atoms with Crippen molar-refractivity contribution in [1.82, 2.24) is 4.98 Å². The summed E-state index contributed by atoms with van der Waals surface area (Å²) < 4.78 is 0. The molecule has 1 aromatic heterocycles. The maximum Gasteiger partial charge on any atom is 0.250 e. The Morgan fingerprint density at radius 2 is 2.05 bits per heavy atom. The first-order chi connectivity index (χ1) is 9.15. The zero-order chi connectivity index (χ0) is 13.7. The number of pyridine rings is 1. The van der Waals surface area contributed by atoms with Crippen LogP contribution in [0.2, 0.25) is 0 Å². The van der Waals surface area contributed by atoms with Gasteiger partial charge in [0.05, 0.1) is 5.56 Å². The first-order valence-electron chi connectivity index (χ1n) is 6.85. The van der Waals surface area contributed by atoms with E-state index in [0.717, 1.165) is 12.4 Å². The first kappa shape index (κ1) is 13.8. The van der Waals surface area contributed by atoms with Crippen LogP contribution in [0.15, 0.2) is 18.3 Å². The second-order valence-electron chi connectivity index (χ2n) is 5.41. The van der Waals surface area contributed by atoms with Crippen molar-refractivity contribution in [2.75, 3.05) is 18.4 Å². The number of nitrogens with two attached hydrogens (primary N) is 2. The molecule has 19 heavy (non-hydrogen) atoms. The summed E-state index contributed by atoms with van der Waals surface area (Å²) in [5.41, 5.74) is 11.8. The molecule has 0 atom stereocenters. The van der Waals surface area contributed by atoms with Gasteiger partial charge in [-0.05, 0) is 36.9 Å². The lowest BCUT2D eigenvalue weighted by atomic mass is 9.74. The van der Waals surface area contributed by atoms with Gasteiger partial charge in [0, 0.05) is 12.7 Å². The summed E-state index contributed by atoms with van der Waals surface area (Å²) in [4.78, 5) is 15.2. The Bertz CT molecular complexity index is 424. The van der Waals surface area contributed by atoms with E-state index >= 15 is 0 Å². The Kier molecular flexibility index (Phi) is 4.37.